The first-order valence-corrected chi connectivity index (χ1v) is 8.28. The molecule has 1 aliphatic rings. The number of ether oxygens (including phenoxy) is 3. The zero-order valence-electron chi connectivity index (χ0n) is 15.0. The molecular formula is C18H25N3O3. The molecule has 1 aliphatic heterocycles. The molecule has 1 saturated heterocycles. The largest absolute Gasteiger partial charge is 0.493 e. The van der Waals surface area contributed by atoms with E-state index in [1.165, 1.54) is 6.42 Å². The Morgan fingerprint density at radius 1 is 1.00 bits per heavy atom. The molecule has 0 unspecified atom stereocenters. The van der Waals surface area contributed by atoms with Gasteiger partial charge in [-0.25, -0.2) is 0 Å². The van der Waals surface area contributed by atoms with E-state index in [1.807, 2.05) is 12.3 Å². The van der Waals surface area contributed by atoms with Crippen LogP contribution in [-0.2, 0) is 0 Å². The molecule has 6 nitrogen and oxygen atoms in total. The second kappa shape index (κ2) is 6.71. The number of hydrogen-bond acceptors (Lipinski definition) is 6. The Bertz CT molecular complexity index is 725. The van der Waals surface area contributed by atoms with E-state index in [0.717, 1.165) is 24.2 Å². The second-order valence-corrected chi connectivity index (χ2v) is 6.62. The van der Waals surface area contributed by atoms with Gasteiger partial charge >= 0.3 is 0 Å². The van der Waals surface area contributed by atoms with Gasteiger partial charge in [-0.2, -0.15) is 5.10 Å². The fourth-order valence-electron chi connectivity index (χ4n) is 3.76. The van der Waals surface area contributed by atoms with Gasteiger partial charge in [-0.15, -0.1) is 5.10 Å². The van der Waals surface area contributed by atoms with Crippen molar-refractivity contribution in [2.75, 3.05) is 39.3 Å². The highest BCUT2D eigenvalue weighted by atomic mass is 16.5. The maximum Gasteiger partial charge on any atom is 0.205 e. The molecule has 0 aliphatic carbocycles. The zero-order valence-corrected chi connectivity index (χ0v) is 15.0. The minimum atomic E-state index is 0.541. The number of nitrogens with zero attached hydrogens (tertiary/aromatic N) is 3. The van der Waals surface area contributed by atoms with Gasteiger partial charge in [-0.1, -0.05) is 13.8 Å². The molecule has 2 atom stereocenters. The van der Waals surface area contributed by atoms with Crippen molar-refractivity contribution in [2.24, 2.45) is 11.8 Å². The Morgan fingerprint density at radius 3 is 2.25 bits per heavy atom. The molecule has 130 valence electrons. The number of benzene rings is 1. The van der Waals surface area contributed by atoms with E-state index < -0.39 is 0 Å². The molecule has 24 heavy (non-hydrogen) atoms. The summed E-state index contributed by atoms with van der Waals surface area (Å²) in [5.74, 6) is 3.03. The van der Waals surface area contributed by atoms with Crippen LogP contribution in [0.2, 0.25) is 0 Å². The SMILES string of the molecule is COc1cc2c(N3C[C@H](C)C[C@H](C)C3)cnnc2c(OC)c1OC. The zero-order chi connectivity index (χ0) is 17.3. The summed E-state index contributed by atoms with van der Waals surface area (Å²) in [5.41, 5.74) is 1.76. The minimum absolute atomic E-state index is 0.541. The normalized spacial score (nSPS) is 21.0. The quantitative estimate of drug-likeness (QED) is 0.858. The summed E-state index contributed by atoms with van der Waals surface area (Å²) in [6.07, 6.45) is 3.09. The molecule has 0 N–H and O–H groups in total. The summed E-state index contributed by atoms with van der Waals surface area (Å²) < 4.78 is 16.5. The van der Waals surface area contributed by atoms with Crippen LogP contribution < -0.4 is 19.1 Å². The third-order valence-electron chi connectivity index (χ3n) is 4.63. The predicted octanol–water partition coefficient (Wildman–Crippen LogP) is 3.14. The van der Waals surface area contributed by atoms with Crippen LogP contribution in [0, 0.1) is 11.8 Å². The average Bonchev–Trinajstić information content (AvgIpc) is 2.58. The van der Waals surface area contributed by atoms with Crippen molar-refractivity contribution in [1.82, 2.24) is 10.2 Å². The van der Waals surface area contributed by atoms with Crippen molar-refractivity contribution >= 4 is 16.6 Å². The van der Waals surface area contributed by atoms with E-state index in [-0.39, 0.29) is 0 Å². The standard InChI is InChI=1S/C18H25N3O3/c1-11-6-12(2)10-21(9-11)14-8-19-20-16-13(14)7-15(22-3)17(23-4)18(16)24-5/h7-8,11-12H,6,9-10H2,1-5H3/t11-,12+. The van der Waals surface area contributed by atoms with Gasteiger partial charge in [-0.05, 0) is 24.3 Å². The molecule has 1 aromatic heterocycles. The van der Waals surface area contributed by atoms with Crippen LogP contribution >= 0.6 is 0 Å². The molecule has 3 rings (SSSR count). The summed E-state index contributed by atoms with van der Waals surface area (Å²) in [7, 11) is 4.83. The Balaban J connectivity index is 2.19. The first kappa shape index (κ1) is 16.6. The lowest BCUT2D eigenvalue weighted by molar-refractivity contribution is 0.326. The van der Waals surface area contributed by atoms with Gasteiger partial charge in [0.15, 0.2) is 11.5 Å². The van der Waals surface area contributed by atoms with Crippen molar-refractivity contribution < 1.29 is 14.2 Å². The maximum absolute atomic E-state index is 5.55. The first-order valence-electron chi connectivity index (χ1n) is 8.28. The van der Waals surface area contributed by atoms with Crippen LogP contribution in [0.25, 0.3) is 10.9 Å². The average molecular weight is 331 g/mol. The molecule has 1 fully saturated rings. The van der Waals surface area contributed by atoms with Gasteiger partial charge in [0.2, 0.25) is 5.75 Å². The number of rotatable bonds is 4. The topological polar surface area (TPSA) is 56.7 Å². The lowest BCUT2D eigenvalue weighted by atomic mass is 9.91. The van der Waals surface area contributed by atoms with Crippen LogP contribution in [0.5, 0.6) is 17.2 Å². The van der Waals surface area contributed by atoms with Gasteiger partial charge < -0.3 is 19.1 Å². The van der Waals surface area contributed by atoms with Crippen molar-refractivity contribution in [3.05, 3.63) is 12.3 Å². The Hall–Kier alpha value is -2.24. The molecule has 2 aromatic rings. The number of methoxy groups -OCH3 is 3. The lowest BCUT2D eigenvalue weighted by Gasteiger charge is -2.36. The van der Waals surface area contributed by atoms with Gasteiger partial charge in [0.05, 0.1) is 33.2 Å². The highest BCUT2D eigenvalue weighted by Crippen LogP contribution is 2.45. The number of anilines is 1. The van der Waals surface area contributed by atoms with Crippen LogP contribution in [0.15, 0.2) is 12.3 Å². The summed E-state index contributed by atoms with van der Waals surface area (Å²) in [4.78, 5) is 2.39. The molecule has 0 saturated carbocycles. The summed E-state index contributed by atoms with van der Waals surface area (Å²) >= 11 is 0. The molecule has 2 heterocycles. The van der Waals surface area contributed by atoms with E-state index in [4.69, 9.17) is 14.2 Å². The number of hydrogen-bond donors (Lipinski definition) is 0. The molecule has 0 spiro atoms. The Labute approximate surface area is 142 Å². The van der Waals surface area contributed by atoms with Crippen LogP contribution in [0.3, 0.4) is 0 Å². The highest BCUT2D eigenvalue weighted by molar-refractivity contribution is 5.98. The fourth-order valence-corrected chi connectivity index (χ4v) is 3.76. The van der Waals surface area contributed by atoms with Gasteiger partial charge in [0.25, 0.3) is 0 Å². The molecule has 0 radical (unpaired) electrons. The Morgan fingerprint density at radius 2 is 1.67 bits per heavy atom. The number of piperidine rings is 1. The van der Waals surface area contributed by atoms with Crippen LogP contribution in [0.4, 0.5) is 5.69 Å². The van der Waals surface area contributed by atoms with Crippen LogP contribution in [0.1, 0.15) is 20.3 Å². The Kier molecular flexibility index (Phi) is 4.64. The highest BCUT2D eigenvalue weighted by Gasteiger charge is 2.26. The summed E-state index contributed by atoms with van der Waals surface area (Å²) in [6.45, 7) is 6.62. The van der Waals surface area contributed by atoms with Crippen molar-refractivity contribution in [1.29, 1.82) is 0 Å². The van der Waals surface area contributed by atoms with Gasteiger partial charge in [0.1, 0.15) is 5.52 Å². The summed E-state index contributed by atoms with van der Waals surface area (Å²) in [6, 6.07) is 1.96. The van der Waals surface area contributed by atoms with E-state index in [2.05, 4.69) is 28.9 Å². The molecule has 0 bridgehead atoms. The monoisotopic (exact) mass is 331 g/mol. The molecule has 0 amide bonds. The molecular weight excluding hydrogens is 306 g/mol. The van der Waals surface area contributed by atoms with Gasteiger partial charge in [-0.3, -0.25) is 0 Å². The van der Waals surface area contributed by atoms with E-state index in [0.29, 0.717) is 34.6 Å². The molecule has 1 aromatic carbocycles. The van der Waals surface area contributed by atoms with E-state index in [1.54, 1.807) is 21.3 Å². The lowest BCUT2D eigenvalue weighted by Crippen LogP contribution is -2.38. The van der Waals surface area contributed by atoms with Crippen molar-refractivity contribution in [3.63, 3.8) is 0 Å². The third kappa shape index (κ3) is 2.81. The van der Waals surface area contributed by atoms with Crippen LogP contribution in [-0.4, -0.2) is 44.6 Å². The third-order valence-corrected chi connectivity index (χ3v) is 4.63. The predicted molar refractivity (Wildman–Crippen MR) is 94.4 cm³/mol. The number of aromatic nitrogens is 2. The van der Waals surface area contributed by atoms with E-state index in [9.17, 15) is 0 Å². The molecule has 6 heteroatoms. The number of fused-ring (bicyclic) bond motifs is 1. The van der Waals surface area contributed by atoms with Crippen molar-refractivity contribution in [2.45, 2.75) is 20.3 Å². The smallest absolute Gasteiger partial charge is 0.205 e. The minimum Gasteiger partial charge on any atom is -0.493 e. The maximum atomic E-state index is 5.55. The summed E-state index contributed by atoms with van der Waals surface area (Å²) in [5, 5.41) is 9.47. The second-order valence-electron chi connectivity index (χ2n) is 6.62. The fraction of sp³-hybridized carbons (Fsp3) is 0.556. The van der Waals surface area contributed by atoms with Gasteiger partial charge in [0, 0.05) is 18.5 Å². The van der Waals surface area contributed by atoms with E-state index >= 15 is 0 Å². The first-order chi connectivity index (χ1) is 11.6. The van der Waals surface area contributed by atoms with Crippen molar-refractivity contribution in [3.8, 4) is 17.2 Å².